The average Bonchev–Trinajstić information content (AvgIpc) is 2.66. The Morgan fingerprint density at radius 3 is 2.41 bits per heavy atom. The Morgan fingerprint density at radius 2 is 1.79 bits per heavy atom. The fourth-order valence-electron chi connectivity index (χ4n) is 2.45. The van der Waals surface area contributed by atoms with Gasteiger partial charge in [0.2, 0.25) is 0 Å². The van der Waals surface area contributed by atoms with Crippen molar-refractivity contribution in [1.82, 2.24) is 4.98 Å². The molecule has 0 bridgehead atoms. The molecular weight excluding hydrogens is 413 g/mol. The van der Waals surface area contributed by atoms with Gasteiger partial charge < -0.3 is 15.2 Å². The van der Waals surface area contributed by atoms with Gasteiger partial charge in [-0.25, -0.2) is 9.78 Å². The van der Waals surface area contributed by atoms with Crippen molar-refractivity contribution in [3.05, 3.63) is 64.8 Å². The largest absolute Gasteiger partial charge is 0.507 e. The highest BCUT2D eigenvalue weighted by Gasteiger charge is 2.31. The van der Waals surface area contributed by atoms with E-state index in [1.54, 1.807) is 24.3 Å². The standard InChI is InChI=1S/C19H12ClF3N2O4/c20-14-7-12(19(21,22)23)8-24-17(14)25-16(27)9-29-18(28)13-5-10-3-1-2-4-11(10)6-15(13)26/h1-8,26H,9H2,(H,24,25,27). The van der Waals surface area contributed by atoms with Crippen LogP contribution in [0.5, 0.6) is 5.75 Å². The maximum atomic E-state index is 12.6. The number of fused-ring (bicyclic) bond motifs is 1. The maximum Gasteiger partial charge on any atom is 0.417 e. The minimum Gasteiger partial charge on any atom is -0.507 e. The summed E-state index contributed by atoms with van der Waals surface area (Å²) in [7, 11) is 0. The van der Waals surface area contributed by atoms with Crippen molar-refractivity contribution in [3.8, 4) is 5.75 Å². The molecule has 0 atom stereocenters. The molecule has 2 aromatic carbocycles. The summed E-state index contributed by atoms with van der Waals surface area (Å²) in [6, 6.07) is 10.4. The number of amides is 1. The molecule has 0 aliphatic rings. The molecule has 150 valence electrons. The van der Waals surface area contributed by atoms with E-state index in [0.717, 1.165) is 0 Å². The van der Waals surface area contributed by atoms with E-state index in [2.05, 4.69) is 10.3 Å². The lowest BCUT2D eigenvalue weighted by Crippen LogP contribution is -2.22. The topological polar surface area (TPSA) is 88.5 Å². The number of halogens is 4. The molecule has 1 heterocycles. The first kappa shape index (κ1) is 20.4. The number of nitrogens with zero attached hydrogens (tertiary/aromatic N) is 1. The smallest absolute Gasteiger partial charge is 0.417 e. The highest BCUT2D eigenvalue weighted by atomic mass is 35.5. The Hall–Kier alpha value is -3.33. The number of rotatable bonds is 4. The first-order valence-electron chi connectivity index (χ1n) is 8.06. The normalized spacial score (nSPS) is 11.3. The molecule has 6 nitrogen and oxygen atoms in total. The molecule has 3 rings (SSSR count). The van der Waals surface area contributed by atoms with Crippen LogP contribution in [-0.4, -0.2) is 28.6 Å². The van der Waals surface area contributed by atoms with Gasteiger partial charge in [0, 0.05) is 6.20 Å². The maximum absolute atomic E-state index is 12.6. The SMILES string of the molecule is O=C(COC(=O)c1cc2ccccc2cc1O)Nc1ncc(C(F)(F)F)cc1Cl. The van der Waals surface area contributed by atoms with Crippen LogP contribution < -0.4 is 5.32 Å². The number of carbonyl (C=O) groups is 2. The summed E-state index contributed by atoms with van der Waals surface area (Å²) < 4.78 is 42.6. The molecule has 0 saturated carbocycles. The van der Waals surface area contributed by atoms with E-state index in [4.69, 9.17) is 16.3 Å². The quantitative estimate of drug-likeness (QED) is 0.606. The summed E-state index contributed by atoms with van der Waals surface area (Å²) in [4.78, 5) is 27.5. The second-order valence-electron chi connectivity index (χ2n) is 5.89. The van der Waals surface area contributed by atoms with Gasteiger partial charge in [-0.2, -0.15) is 13.2 Å². The number of ether oxygens (including phenoxy) is 1. The lowest BCUT2D eigenvalue weighted by molar-refractivity contribution is -0.137. The van der Waals surface area contributed by atoms with E-state index < -0.39 is 35.2 Å². The zero-order valence-electron chi connectivity index (χ0n) is 14.5. The van der Waals surface area contributed by atoms with Crippen molar-refractivity contribution < 1.29 is 32.6 Å². The van der Waals surface area contributed by atoms with Crippen molar-refractivity contribution in [1.29, 1.82) is 0 Å². The Labute approximate surface area is 166 Å². The number of anilines is 1. The molecule has 1 aromatic heterocycles. The third kappa shape index (κ3) is 4.75. The summed E-state index contributed by atoms with van der Waals surface area (Å²) >= 11 is 5.70. The van der Waals surface area contributed by atoms with Gasteiger partial charge in [0.15, 0.2) is 12.4 Å². The number of hydrogen-bond donors (Lipinski definition) is 2. The minimum absolute atomic E-state index is 0.137. The van der Waals surface area contributed by atoms with Gasteiger partial charge in [-0.3, -0.25) is 4.79 Å². The van der Waals surface area contributed by atoms with Crippen molar-refractivity contribution in [2.75, 3.05) is 11.9 Å². The highest BCUT2D eigenvalue weighted by molar-refractivity contribution is 6.33. The third-order valence-electron chi connectivity index (χ3n) is 3.84. The molecule has 0 aliphatic carbocycles. The van der Waals surface area contributed by atoms with E-state index in [1.807, 2.05) is 0 Å². The van der Waals surface area contributed by atoms with Crippen LogP contribution in [0.15, 0.2) is 48.7 Å². The number of aromatic hydroxyl groups is 1. The highest BCUT2D eigenvalue weighted by Crippen LogP contribution is 2.32. The second kappa shape index (κ2) is 7.96. The number of benzene rings is 2. The number of pyridine rings is 1. The zero-order valence-corrected chi connectivity index (χ0v) is 15.2. The minimum atomic E-state index is -4.63. The monoisotopic (exact) mass is 424 g/mol. The number of phenols is 1. The fourth-order valence-corrected chi connectivity index (χ4v) is 2.67. The Morgan fingerprint density at radius 1 is 1.14 bits per heavy atom. The van der Waals surface area contributed by atoms with Crippen molar-refractivity contribution in [2.24, 2.45) is 0 Å². The summed E-state index contributed by atoms with van der Waals surface area (Å²) in [5.74, 6) is -2.45. The number of phenolic OH excluding ortho intramolecular Hbond substituents is 1. The summed E-state index contributed by atoms with van der Waals surface area (Å²) in [6.07, 6.45) is -4.11. The van der Waals surface area contributed by atoms with E-state index in [9.17, 15) is 27.9 Å². The molecule has 0 saturated heterocycles. The van der Waals surface area contributed by atoms with Gasteiger partial charge in [-0.05, 0) is 29.0 Å². The molecule has 0 spiro atoms. The van der Waals surface area contributed by atoms with Gasteiger partial charge in [0.1, 0.15) is 11.3 Å². The predicted molar refractivity (Wildman–Crippen MR) is 98.8 cm³/mol. The van der Waals surface area contributed by atoms with E-state index in [-0.39, 0.29) is 17.1 Å². The van der Waals surface area contributed by atoms with Crippen LogP contribution in [0.3, 0.4) is 0 Å². The lowest BCUT2D eigenvalue weighted by atomic mass is 10.1. The molecule has 0 fully saturated rings. The average molecular weight is 425 g/mol. The molecular formula is C19H12ClF3N2O4. The van der Waals surface area contributed by atoms with E-state index >= 15 is 0 Å². The van der Waals surface area contributed by atoms with Crippen LogP contribution >= 0.6 is 11.6 Å². The van der Waals surface area contributed by atoms with Gasteiger partial charge in [-0.15, -0.1) is 0 Å². The summed E-state index contributed by atoms with van der Waals surface area (Å²) in [6.45, 7) is -0.760. The van der Waals surface area contributed by atoms with Crippen LogP contribution in [0, 0.1) is 0 Å². The fraction of sp³-hybridized carbons (Fsp3) is 0.105. The van der Waals surface area contributed by atoms with Gasteiger partial charge in [0.05, 0.1) is 10.6 Å². The van der Waals surface area contributed by atoms with Crippen LogP contribution in [0.2, 0.25) is 5.02 Å². The Kier molecular flexibility index (Phi) is 5.60. The molecule has 0 radical (unpaired) electrons. The number of aromatic nitrogens is 1. The van der Waals surface area contributed by atoms with Gasteiger partial charge >= 0.3 is 12.1 Å². The first-order chi connectivity index (χ1) is 13.6. The van der Waals surface area contributed by atoms with E-state index in [0.29, 0.717) is 23.0 Å². The summed E-state index contributed by atoms with van der Waals surface area (Å²) in [5.41, 5.74) is -1.21. The van der Waals surface area contributed by atoms with Crippen molar-refractivity contribution in [2.45, 2.75) is 6.18 Å². The summed E-state index contributed by atoms with van der Waals surface area (Å²) in [5, 5.41) is 13.1. The molecule has 3 aromatic rings. The van der Waals surface area contributed by atoms with Crippen LogP contribution in [0.1, 0.15) is 15.9 Å². The zero-order chi connectivity index (χ0) is 21.2. The predicted octanol–water partition coefficient (Wildman–Crippen LogP) is 4.41. The van der Waals surface area contributed by atoms with Crippen LogP contribution in [-0.2, 0) is 15.7 Å². The first-order valence-corrected chi connectivity index (χ1v) is 8.44. The molecule has 1 amide bonds. The third-order valence-corrected chi connectivity index (χ3v) is 4.13. The number of carbonyl (C=O) groups excluding carboxylic acids is 2. The number of nitrogens with one attached hydrogen (secondary N) is 1. The Balaban J connectivity index is 1.65. The van der Waals surface area contributed by atoms with Crippen LogP contribution in [0.25, 0.3) is 10.8 Å². The number of hydrogen-bond acceptors (Lipinski definition) is 5. The lowest BCUT2D eigenvalue weighted by Gasteiger charge is -2.11. The Bertz CT molecular complexity index is 1100. The number of esters is 1. The van der Waals surface area contributed by atoms with Gasteiger partial charge in [-0.1, -0.05) is 35.9 Å². The molecule has 0 aliphatic heterocycles. The number of alkyl halides is 3. The molecule has 10 heteroatoms. The van der Waals surface area contributed by atoms with Gasteiger partial charge in [0.25, 0.3) is 5.91 Å². The van der Waals surface area contributed by atoms with Crippen LogP contribution in [0.4, 0.5) is 19.0 Å². The van der Waals surface area contributed by atoms with Crippen molar-refractivity contribution >= 4 is 40.1 Å². The van der Waals surface area contributed by atoms with Crippen molar-refractivity contribution in [3.63, 3.8) is 0 Å². The second-order valence-corrected chi connectivity index (χ2v) is 6.30. The molecule has 2 N–H and O–H groups in total. The molecule has 29 heavy (non-hydrogen) atoms. The molecule has 0 unspecified atom stereocenters. The van der Waals surface area contributed by atoms with E-state index in [1.165, 1.54) is 12.1 Å².